The van der Waals surface area contributed by atoms with E-state index in [0.717, 1.165) is 43.0 Å². The normalized spacial score (nSPS) is 22.7. The van der Waals surface area contributed by atoms with E-state index in [4.69, 9.17) is 5.73 Å². The number of amides is 2. The van der Waals surface area contributed by atoms with E-state index in [1.54, 1.807) is 11.0 Å². The number of nitrogens with two attached hydrogens (primary N) is 1. The Morgan fingerprint density at radius 3 is 2.44 bits per heavy atom. The van der Waals surface area contributed by atoms with Crippen molar-refractivity contribution in [1.82, 2.24) is 14.8 Å². The zero-order valence-electron chi connectivity index (χ0n) is 23.6. The molecular weight excluding hydrogens is 488 g/mol. The van der Waals surface area contributed by atoms with E-state index in [2.05, 4.69) is 51.3 Å². The second-order valence-corrected chi connectivity index (χ2v) is 11.8. The highest BCUT2D eigenvalue weighted by Crippen LogP contribution is 2.35. The summed E-state index contributed by atoms with van der Waals surface area (Å²) in [6.07, 6.45) is 9.31. The van der Waals surface area contributed by atoms with Crippen molar-refractivity contribution in [3.8, 4) is 0 Å². The van der Waals surface area contributed by atoms with Crippen molar-refractivity contribution in [2.24, 2.45) is 11.8 Å². The number of anilines is 3. The van der Waals surface area contributed by atoms with Crippen molar-refractivity contribution in [1.29, 1.82) is 0 Å². The molecule has 3 saturated heterocycles. The van der Waals surface area contributed by atoms with Crippen molar-refractivity contribution >= 4 is 29.0 Å². The van der Waals surface area contributed by atoms with Crippen molar-refractivity contribution < 1.29 is 9.59 Å². The van der Waals surface area contributed by atoms with Crippen LogP contribution < -0.4 is 16.0 Å². The van der Waals surface area contributed by atoms with Gasteiger partial charge in [-0.05, 0) is 99.2 Å². The van der Waals surface area contributed by atoms with Gasteiger partial charge >= 0.3 is 11.8 Å². The molecule has 0 bridgehead atoms. The van der Waals surface area contributed by atoms with Crippen LogP contribution in [-0.2, 0) is 16.0 Å². The average molecular weight is 533 g/mol. The van der Waals surface area contributed by atoms with Crippen LogP contribution in [0.15, 0.2) is 36.5 Å². The van der Waals surface area contributed by atoms with Crippen molar-refractivity contribution in [3.05, 3.63) is 47.7 Å². The molecule has 0 spiro atoms. The molecule has 39 heavy (non-hydrogen) atoms. The summed E-state index contributed by atoms with van der Waals surface area (Å²) < 4.78 is 0. The summed E-state index contributed by atoms with van der Waals surface area (Å²) in [5.41, 5.74) is 9.58. The molecular formula is C31H44N6O2. The van der Waals surface area contributed by atoms with Gasteiger partial charge in [0.05, 0.1) is 17.9 Å². The minimum absolute atomic E-state index is 0.101. The Kier molecular flexibility index (Phi) is 8.70. The Morgan fingerprint density at radius 1 is 1.03 bits per heavy atom. The maximum Gasteiger partial charge on any atom is 0.313 e. The van der Waals surface area contributed by atoms with E-state index >= 15 is 0 Å². The average Bonchev–Trinajstić information content (AvgIpc) is 3.47. The molecule has 2 amide bonds. The van der Waals surface area contributed by atoms with Crippen molar-refractivity contribution in [2.45, 2.75) is 64.8 Å². The number of likely N-dealkylation sites (tertiary alicyclic amines) is 2. The van der Waals surface area contributed by atoms with Crippen LogP contribution in [0.4, 0.5) is 17.2 Å². The van der Waals surface area contributed by atoms with Gasteiger partial charge in [0, 0.05) is 31.9 Å². The second-order valence-electron chi connectivity index (χ2n) is 11.8. The van der Waals surface area contributed by atoms with Crippen molar-refractivity contribution in [2.75, 3.05) is 55.2 Å². The van der Waals surface area contributed by atoms with E-state index in [1.165, 1.54) is 57.2 Å². The molecule has 2 aromatic rings. The van der Waals surface area contributed by atoms with Crippen LogP contribution in [0.25, 0.3) is 0 Å². The van der Waals surface area contributed by atoms with Gasteiger partial charge in [0.1, 0.15) is 5.82 Å². The molecule has 3 aliphatic rings. The van der Waals surface area contributed by atoms with E-state index in [1.807, 2.05) is 6.92 Å². The molecule has 1 aromatic carbocycles. The van der Waals surface area contributed by atoms with Crippen LogP contribution in [0, 0.1) is 11.8 Å². The molecule has 0 aliphatic carbocycles. The maximum atomic E-state index is 13.4. The summed E-state index contributed by atoms with van der Waals surface area (Å²) in [4.78, 5) is 37.4. The van der Waals surface area contributed by atoms with Crippen molar-refractivity contribution in [3.63, 3.8) is 0 Å². The molecule has 5 rings (SSSR count). The monoisotopic (exact) mass is 532 g/mol. The maximum absolute atomic E-state index is 13.4. The number of aryl methyl sites for hydroxylation is 1. The number of nitrogens with zero attached hydrogens (tertiary/aromatic N) is 4. The molecule has 8 nitrogen and oxygen atoms in total. The predicted molar refractivity (Wildman–Crippen MR) is 157 cm³/mol. The molecule has 0 radical (unpaired) electrons. The molecule has 4 heterocycles. The number of piperidine rings is 2. The largest absolute Gasteiger partial charge is 0.383 e. The Hall–Kier alpha value is -3.13. The lowest BCUT2D eigenvalue weighted by molar-refractivity contribution is -0.146. The van der Waals surface area contributed by atoms with E-state index in [-0.39, 0.29) is 6.04 Å². The fraction of sp³-hybridized carbons (Fsp3) is 0.581. The zero-order chi connectivity index (χ0) is 27.4. The number of pyridine rings is 1. The van der Waals surface area contributed by atoms with Gasteiger partial charge in [0.25, 0.3) is 0 Å². The summed E-state index contributed by atoms with van der Waals surface area (Å²) >= 11 is 0. The third kappa shape index (κ3) is 6.55. The van der Waals surface area contributed by atoms with Gasteiger partial charge in [-0.3, -0.25) is 9.59 Å². The number of nitrogen functional groups attached to an aromatic ring is 1. The number of rotatable bonds is 6. The number of hydrogen-bond acceptors (Lipinski definition) is 6. The summed E-state index contributed by atoms with van der Waals surface area (Å²) in [5, 5.41) is 2.75. The highest BCUT2D eigenvalue weighted by molar-refractivity contribution is 6.39. The van der Waals surface area contributed by atoms with Crippen LogP contribution in [-0.4, -0.2) is 65.9 Å². The van der Waals surface area contributed by atoms with Crippen LogP contribution in [0.5, 0.6) is 0 Å². The molecule has 2 atom stereocenters. The van der Waals surface area contributed by atoms with Crippen LogP contribution in [0.3, 0.4) is 0 Å². The topological polar surface area (TPSA) is 94.8 Å². The predicted octanol–water partition coefficient (Wildman–Crippen LogP) is 4.48. The number of benzene rings is 1. The molecule has 3 aliphatic heterocycles. The highest BCUT2D eigenvalue weighted by atomic mass is 16.2. The van der Waals surface area contributed by atoms with Gasteiger partial charge in [-0.25, -0.2) is 4.98 Å². The number of aromatic nitrogens is 1. The van der Waals surface area contributed by atoms with Gasteiger partial charge in [0.2, 0.25) is 0 Å². The third-order valence-electron chi connectivity index (χ3n) is 8.89. The molecule has 8 heteroatoms. The standard InChI is InChI=1S/C31H44N6O2/c1-3-24-18-26(19-33-29(24)32)34-30(38)31(39)37-20-22(2)6-11-28(37)25-7-9-27(10-8-25)36-16-12-23(13-17-36)21-35-14-4-5-15-35/h7-10,18-19,22-23,28H,3-6,11-17,20-21H2,1-2H3,(H2,32,33)(H,34,38)/t22-,28+/m0/s1. The van der Waals surface area contributed by atoms with E-state index in [9.17, 15) is 9.59 Å². The van der Waals surface area contributed by atoms with Gasteiger partial charge in [0.15, 0.2) is 0 Å². The summed E-state index contributed by atoms with van der Waals surface area (Å²) in [6.45, 7) is 10.7. The summed E-state index contributed by atoms with van der Waals surface area (Å²) in [5.74, 6) is 0.485. The first-order valence-electron chi connectivity index (χ1n) is 14.8. The molecule has 0 saturated carbocycles. The lowest BCUT2D eigenvalue weighted by Crippen LogP contribution is -2.46. The first-order chi connectivity index (χ1) is 18.9. The summed E-state index contributed by atoms with van der Waals surface area (Å²) in [7, 11) is 0. The number of carbonyl (C=O) groups is 2. The van der Waals surface area contributed by atoms with E-state index < -0.39 is 11.8 Å². The fourth-order valence-corrected chi connectivity index (χ4v) is 6.52. The lowest BCUT2D eigenvalue weighted by atomic mass is 9.89. The number of nitrogens with one attached hydrogen (secondary N) is 1. The summed E-state index contributed by atoms with van der Waals surface area (Å²) in [6, 6.07) is 10.4. The third-order valence-corrected chi connectivity index (χ3v) is 8.89. The minimum atomic E-state index is -0.629. The quantitative estimate of drug-likeness (QED) is 0.533. The van der Waals surface area contributed by atoms with Crippen LogP contribution in [0.2, 0.25) is 0 Å². The van der Waals surface area contributed by atoms with Gasteiger partial charge in [-0.1, -0.05) is 26.0 Å². The molecule has 1 aromatic heterocycles. The Labute approximate surface area is 232 Å². The highest BCUT2D eigenvalue weighted by Gasteiger charge is 2.34. The van der Waals surface area contributed by atoms with Gasteiger partial charge in [-0.2, -0.15) is 0 Å². The zero-order valence-corrected chi connectivity index (χ0v) is 23.6. The Bertz CT molecular complexity index is 1140. The van der Waals surface area contributed by atoms with Gasteiger partial charge < -0.3 is 25.8 Å². The van der Waals surface area contributed by atoms with E-state index in [0.29, 0.717) is 30.4 Å². The first kappa shape index (κ1) is 27.4. The SMILES string of the molecule is CCc1cc(NC(=O)C(=O)N2C[C@@H](C)CC[C@@H]2c2ccc(N3CCC(CN4CCCC4)CC3)cc2)cnc1N. The smallest absolute Gasteiger partial charge is 0.313 e. The molecule has 3 N–H and O–H groups in total. The Balaban J connectivity index is 1.21. The molecule has 3 fully saturated rings. The fourth-order valence-electron chi connectivity index (χ4n) is 6.52. The first-order valence-corrected chi connectivity index (χ1v) is 14.8. The lowest BCUT2D eigenvalue weighted by Gasteiger charge is -2.39. The molecule has 0 unspecified atom stereocenters. The van der Waals surface area contributed by atoms with Crippen LogP contribution in [0.1, 0.15) is 69.5 Å². The Morgan fingerprint density at radius 2 is 1.74 bits per heavy atom. The number of carbonyl (C=O) groups excluding carboxylic acids is 2. The van der Waals surface area contributed by atoms with Gasteiger partial charge in [-0.15, -0.1) is 0 Å². The minimum Gasteiger partial charge on any atom is -0.383 e. The number of hydrogen-bond donors (Lipinski definition) is 2. The van der Waals surface area contributed by atoms with Crippen LogP contribution >= 0.6 is 0 Å². The molecule has 210 valence electrons. The second kappa shape index (κ2) is 12.4.